The molecule has 0 radical (unpaired) electrons. The summed E-state index contributed by atoms with van der Waals surface area (Å²) < 4.78 is 54.4. The van der Waals surface area contributed by atoms with Crippen molar-refractivity contribution >= 4 is 27.7 Å². The summed E-state index contributed by atoms with van der Waals surface area (Å²) in [6.07, 6.45) is 1.05. The van der Waals surface area contributed by atoms with Crippen LogP contribution in [0.1, 0.15) is 23.2 Å². The van der Waals surface area contributed by atoms with Gasteiger partial charge in [0.05, 0.1) is 4.90 Å². The first-order chi connectivity index (χ1) is 16.7. The number of hydrogen-bond acceptors (Lipinski definition) is 5. The Morgan fingerprint density at radius 1 is 1.03 bits per heavy atom. The van der Waals surface area contributed by atoms with Gasteiger partial charge in [-0.1, -0.05) is 6.07 Å². The average Bonchev–Trinajstić information content (AvgIpc) is 2.85. The Hall–Kier alpha value is -3.38. The molecule has 2 aromatic carbocycles. The van der Waals surface area contributed by atoms with E-state index in [4.69, 9.17) is 0 Å². The van der Waals surface area contributed by atoms with Crippen molar-refractivity contribution in [2.24, 2.45) is 0 Å². The highest BCUT2D eigenvalue weighted by atomic mass is 32.2. The molecule has 0 saturated carbocycles. The molecule has 4 rings (SSSR count). The molecule has 0 aliphatic carbocycles. The van der Waals surface area contributed by atoms with Crippen LogP contribution in [0.25, 0.3) is 0 Å². The molecule has 0 unspecified atom stereocenters. The second-order valence-electron chi connectivity index (χ2n) is 8.34. The first-order valence-corrected chi connectivity index (χ1v) is 12.5. The molecule has 186 valence electrons. The summed E-state index contributed by atoms with van der Waals surface area (Å²) in [7, 11) is -4.10. The number of hydrogen-bond donors (Lipinski definition) is 2. The van der Waals surface area contributed by atoms with E-state index in [2.05, 4.69) is 10.6 Å². The van der Waals surface area contributed by atoms with Gasteiger partial charge in [0.2, 0.25) is 21.8 Å². The molecular formula is C23H24F2N4O5S. The van der Waals surface area contributed by atoms with Gasteiger partial charge in [0, 0.05) is 31.7 Å². The summed E-state index contributed by atoms with van der Waals surface area (Å²) in [6, 6.07) is 7.16. The maximum atomic E-state index is 13.7. The topological polar surface area (TPSA) is 116 Å². The minimum absolute atomic E-state index is 0.00745. The Morgan fingerprint density at radius 3 is 2.46 bits per heavy atom. The lowest BCUT2D eigenvalue weighted by molar-refractivity contribution is -0.133. The zero-order chi connectivity index (χ0) is 25.2. The van der Waals surface area contributed by atoms with Crippen molar-refractivity contribution in [2.45, 2.75) is 29.8 Å². The smallest absolute Gasteiger partial charge is 0.254 e. The van der Waals surface area contributed by atoms with Gasteiger partial charge in [-0.2, -0.15) is 4.31 Å². The summed E-state index contributed by atoms with van der Waals surface area (Å²) in [4.78, 5) is 39.6. The van der Waals surface area contributed by atoms with Crippen LogP contribution in [0.4, 0.5) is 8.78 Å². The van der Waals surface area contributed by atoms with Gasteiger partial charge < -0.3 is 15.5 Å². The molecule has 12 heteroatoms. The molecule has 0 bridgehead atoms. The maximum absolute atomic E-state index is 13.7. The molecule has 2 aromatic rings. The fourth-order valence-corrected chi connectivity index (χ4v) is 5.60. The molecule has 2 aliphatic rings. The second kappa shape index (κ2) is 10.1. The third-order valence-electron chi connectivity index (χ3n) is 6.03. The summed E-state index contributed by atoms with van der Waals surface area (Å²) in [5, 5.41) is 5.27. The molecule has 2 fully saturated rings. The lowest BCUT2D eigenvalue weighted by Crippen LogP contribution is -2.63. The maximum Gasteiger partial charge on any atom is 0.254 e. The van der Waals surface area contributed by atoms with Crippen LogP contribution in [-0.4, -0.2) is 73.6 Å². The summed E-state index contributed by atoms with van der Waals surface area (Å²) in [5.41, 5.74) is 0.00745. The van der Waals surface area contributed by atoms with Crippen molar-refractivity contribution in [1.82, 2.24) is 19.8 Å². The van der Waals surface area contributed by atoms with Crippen LogP contribution in [0.5, 0.6) is 0 Å². The SMILES string of the molecule is O=C1NCCC[C@H]1NC(=O)[C@@H]1CN(S(=O)(=O)c2ccc(F)cc2)CCN1C(=O)c1cccc(F)c1. The Bertz CT molecular complexity index is 1240. The average molecular weight is 507 g/mol. The number of piperidine rings is 1. The fraction of sp³-hybridized carbons (Fsp3) is 0.348. The molecular weight excluding hydrogens is 482 g/mol. The van der Waals surface area contributed by atoms with Crippen LogP contribution in [-0.2, 0) is 19.6 Å². The van der Waals surface area contributed by atoms with Crippen LogP contribution in [0.3, 0.4) is 0 Å². The van der Waals surface area contributed by atoms with E-state index < -0.39 is 45.6 Å². The summed E-state index contributed by atoms with van der Waals surface area (Å²) >= 11 is 0. The molecule has 0 aromatic heterocycles. The lowest BCUT2D eigenvalue weighted by Gasteiger charge is -2.40. The number of rotatable bonds is 5. The van der Waals surface area contributed by atoms with E-state index in [1.54, 1.807) is 0 Å². The highest BCUT2D eigenvalue weighted by Gasteiger charge is 2.41. The number of nitrogens with zero attached hydrogens (tertiary/aromatic N) is 2. The van der Waals surface area contributed by atoms with Gasteiger partial charge in [-0.15, -0.1) is 0 Å². The summed E-state index contributed by atoms with van der Waals surface area (Å²) in [6.45, 7) is -0.178. The molecule has 3 amide bonds. The monoisotopic (exact) mass is 506 g/mol. The number of halogens is 2. The van der Waals surface area contributed by atoms with E-state index in [9.17, 15) is 31.6 Å². The van der Waals surface area contributed by atoms with Crippen molar-refractivity contribution in [3.05, 3.63) is 65.7 Å². The zero-order valence-corrected chi connectivity index (χ0v) is 19.4. The van der Waals surface area contributed by atoms with Gasteiger partial charge in [-0.25, -0.2) is 17.2 Å². The van der Waals surface area contributed by atoms with Crippen LogP contribution >= 0.6 is 0 Å². The molecule has 9 nitrogen and oxygen atoms in total. The van der Waals surface area contributed by atoms with Gasteiger partial charge in [0.15, 0.2) is 0 Å². The first-order valence-electron chi connectivity index (χ1n) is 11.1. The van der Waals surface area contributed by atoms with Crippen LogP contribution in [0.2, 0.25) is 0 Å². The van der Waals surface area contributed by atoms with E-state index in [-0.39, 0.29) is 36.0 Å². The van der Waals surface area contributed by atoms with Crippen molar-refractivity contribution in [3.8, 4) is 0 Å². The Morgan fingerprint density at radius 2 is 1.77 bits per heavy atom. The second-order valence-corrected chi connectivity index (χ2v) is 10.3. The van der Waals surface area contributed by atoms with Crippen molar-refractivity contribution in [3.63, 3.8) is 0 Å². The largest absolute Gasteiger partial charge is 0.354 e. The quantitative estimate of drug-likeness (QED) is 0.625. The molecule has 35 heavy (non-hydrogen) atoms. The van der Waals surface area contributed by atoms with E-state index in [0.717, 1.165) is 34.6 Å². The number of benzene rings is 2. The van der Waals surface area contributed by atoms with E-state index in [0.29, 0.717) is 19.4 Å². The normalized spacial score (nSPS) is 21.3. The molecule has 2 atom stereocenters. The number of nitrogens with one attached hydrogen (secondary N) is 2. The van der Waals surface area contributed by atoms with Gasteiger partial charge in [0.1, 0.15) is 23.7 Å². The van der Waals surface area contributed by atoms with Crippen LogP contribution < -0.4 is 10.6 Å². The van der Waals surface area contributed by atoms with E-state index >= 15 is 0 Å². The number of carbonyl (C=O) groups excluding carboxylic acids is 3. The van der Waals surface area contributed by atoms with Crippen LogP contribution in [0.15, 0.2) is 53.4 Å². The molecule has 2 saturated heterocycles. The third-order valence-corrected chi connectivity index (χ3v) is 7.91. The third kappa shape index (κ3) is 5.33. The van der Waals surface area contributed by atoms with Crippen molar-refractivity contribution < 1.29 is 31.6 Å². The Balaban J connectivity index is 1.62. The number of sulfonamides is 1. The van der Waals surface area contributed by atoms with Crippen molar-refractivity contribution in [1.29, 1.82) is 0 Å². The predicted molar refractivity (Wildman–Crippen MR) is 121 cm³/mol. The molecule has 2 heterocycles. The molecule has 0 spiro atoms. The van der Waals surface area contributed by atoms with Gasteiger partial charge in [0.25, 0.3) is 5.91 Å². The standard InChI is InChI=1S/C23H24F2N4O5S/c24-16-6-8-18(9-7-16)35(33,34)28-11-12-29(23(32)15-3-1-4-17(25)13-15)20(14-28)22(31)27-19-5-2-10-26-21(19)30/h1,3-4,6-9,13,19-20H,2,5,10-12,14H2,(H,26,30)(H,27,31)/t19-,20+/m1/s1. The minimum Gasteiger partial charge on any atom is -0.354 e. The van der Waals surface area contributed by atoms with Crippen LogP contribution in [0, 0.1) is 11.6 Å². The minimum atomic E-state index is -4.10. The zero-order valence-electron chi connectivity index (χ0n) is 18.6. The highest BCUT2D eigenvalue weighted by molar-refractivity contribution is 7.89. The lowest BCUT2D eigenvalue weighted by atomic mass is 10.0. The van der Waals surface area contributed by atoms with Gasteiger partial charge in [-0.3, -0.25) is 14.4 Å². The Kier molecular flexibility index (Phi) is 7.13. The van der Waals surface area contributed by atoms with Crippen molar-refractivity contribution in [2.75, 3.05) is 26.2 Å². The van der Waals surface area contributed by atoms with Gasteiger partial charge >= 0.3 is 0 Å². The number of carbonyl (C=O) groups is 3. The predicted octanol–water partition coefficient (Wildman–Crippen LogP) is 0.875. The molecule has 2 aliphatic heterocycles. The number of piperazine rings is 1. The summed E-state index contributed by atoms with van der Waals surface area (Å²) in [5.74, 6) is -2.93. The van der Waals surface area contributed by atoms with Gasteiger partial charge in [-0.05, 0) is 55.3 Å². The fourth-order valence-electron chi connectivity index (χ4n) is 4.16. The van der Waals surface area contributed by atoms with E-state index in [1.807, 2.05) is 0 Å². The van der Waals surface area contributed by atoms with E-state index in [1.165, 1.54) is 23.1 Å². The Labute approximate surface area is 201 Å². The molecule has 2 N–H and O–H groups in total. The number of amides is 3. The highest BCUT2D eigenvalue weighted by Crippen LogP contribution is 2.23. The first kappa shape index (κ1) is 24.7.